The summed E-state index contributed by atoms with van der Waals surface area (Å²) in [5.74, 6) is -1.02. The molecule has 1 heterocycles. The van der Waals surface area contributed by atoms with Crippen LogP contribution in [0.4, 0.5) is 0 Å². The van der Waals surface area contributed by atoms with E-state index in [2.05, 4.69) is 0 Å². The second-order valence-corrected chi connectivity index (χ2v) is 10.0. The number of likely N-dealkylation sites (N-methyl/N-ethyl adjacent to an activating group) is 1. The largest absolute Gasteiger partial charge is 0.507 e. The van der Waals surface area contributed by atoms with Crippen LogP contribution < -0.4 is 4.74 Å². The molecule has 1 atom stereocenters. The fourth-order valence-electron chi connectivity index (χ4n) is 4.33. The molecule has 1 amide bonds. The zero-order valence-electron chi connectivity index (χ0n) is 20.9. The highest BCUT2D eigenvalue weighted by atomic mass is 35.5. The standard InChI is InChI=1S/C29H28Cl2N2O4/c1-18-15-21(37-17-19-7-5-4-6-8-19)10-11-22(18)27(34)25-26(20-9-12-23(30)24(31)16-20)33(14-13-32(2)3)29(36)28(25)35/h4-12,15-16,26,34H,13-14,17H2,1-3H3/b27-25+/t26-/m0/s1. The third-order valence-corrected chi connectivity index (χ3v) is 7.03. The second kappa shape index (κ2) is 11.4. The average molecular weight is 539 g/mol. The van der Waals surface area contributed by atoms with E-state index < -0.39 is 17.7 Å². The van der Waals surface area contributed by atoms with Crippen molar-refractivity contribution in [3.05, 3.63) is 105 Å². The Balaban J connectivity index is 1.72. The molecule has 0 saturated carbocycles. The van der Waals surface area contributed by atoms with Gasteiger partial charge >= 0.3 is 0 Å². The Morgan fingerprint density at radius 1 is 1.00 bits per heavy atom. The van der Waals surface area contributed by atoms with Crippen molar-refractivity contribution < 1.29 is 19.4 Å². The van der Waals surface area contributed by atoms with Gasteiger partial charge in [-0.15, -0.1) is 0 Å². The lowest BCUT2D eigenvalue weighted by Gasteiger charge is -2.27. The maximum absolute atomic E-state index is 13.2. The van der Waals surface area contributed by atoms with E-state index in [-0.39, 0.29) is 11.3 Å². The molecule has 0 aromatic heterocycles. The highest BCUT2D eigenvalue weighted by Gasteiger charge is 2.46. The number of likely N-dealkylation sites (tertiary alicyclic amines) is 1. The molecule has 4 rings (SSSR count). The van der Waals surface area contributed by atoms with Gasteiger partial charge in [0.05, 0.1) is 21.7 Å². The molecular formula is C29H28Cl2N2O4. The van der Waals surface area contributed by atoms with Gasteiger partial charge in [-0.05, 0) is 68.0 Å². The molecule has 3 aromatic carbocycles. The van der Waals surface area contributed by atoms with Gasteiger partial charge < -0.3 is 19.6 Å². The maximum atomic E-state index is 13.2. The summed E-state index contributed by atoms with van der Waals surface area (Å²) in [7, 11) is 3.77. The first kappa shape index (κ1) is 26.7. The molecule has 1 fully saturated rings. The van der Waals surface area contributed by atoms with Crippen LogP contribution in [0.1, 0.15) is 28.3 Å². The Bertz CT molecular complexity index is 1360. The highest BCUT2D eigenvalue weighted by molar-refractivity contribution is 6.47. The lowest BCUT2D eigenvalue weighted by molar-refractivity contribution is -0.140. The third kappa shape index (κ3) is 5.82. The SMILES string of the molecule is Cc1cc(OCc2ccccc2)ccc1/C(O)=C1\C(=O)C(=O)N(CCN(C)C)[C@H]1c1ccc(Cl)c(Cl)c1. The number of rotatable bonds is 8. The number of nitrogens with zero attached hydrogens (tertiary/aromatic N) is 2. The maximum Gasteiger partial charge on any atom is 0.295 e. The summed E-state index contributed by atoms with van der Waals surface area (Å²) in [6.45, 7) is 3.06. The van der Waals surface area contributed by atoms with Crippen molar-refractivity contribution >= 4 is 40.7 Å². The molecule has 0 unspecified atom stereocenters. The number of benzene rings is 3. The van der Waals surface area contributed by atoms with Crippen LogP contribution in [0.15, 0.2) is 72.3 Å². The van der Waals surface area contributed by atoms with Crippen LogP contribution in [-0.4, -0.2) is 53.8 Å². The van der Waals surface area contributed by atoms with Crippen LogP contribution in [-0.2, 0) is 16.2 Å². The minimum Gasteiger partial charge on any atom is -0.507 e. The number of halogens is 2. The average Bonchev–Trinajstić information content (AvgIpc) is 3.13. The molecule has 1 aliphatic rings. The van der Waals surface area contributed by atoms with E-state index in [4.69, 9.17) is 27.9 Å². The first-order valence-corrected chi connectivity index (χ1v) is 12.6. The Hall–Kier alpha value is -3.32. The number of ketones is 1. The van der Waals surface area contributed by atoms with E-state index in [1.54, 1.807) is 36.4 Å². The van der Waals surface area contributed by atoms with Gasteiger partial charge in [-0.2, -0.15) is 0 Å². The summed E-state index contributed by atoms with van der Waals surface area (Å²) in [5, 5.41) is 12.1. The first-order chi connectivity index (χ1) is 17.7. The van der Waals surface area contributed by atoms with Gasteiger partial charge in [0.2, 0.25) is 0 Å². The van der Waals surface area contributed by atoms with E-state index in [9.17, 15) is 14.7 Å². The zero-order valence-corrected chi connectivity index (χ0v) is 22.4. The Kier molecular flexibility index (Phi) is 8.22. The monoisotopic (exact) mass is 538 g/mol. The van der Waals surface area contributed by atoms with E-state index in [0.717, 1.165) is 5.56 Å². The molecule has 8 heteroatoms. The topological polar surface area (TPSA) is 70.1 Å². The molecule has 37 heavy (non-hydrogen) atoms. The second-order valence-electron chi connectivity index (χ2n) is 9.22. The summed E-state index contributed by atoms with van der Waals surface area (Å²) >= 11 is 12.4. The van der Waals surface area contributed by atoms with Gasteiger partial charge in [0.1, 0.15) is 18.1 Å². The molecule has 192 valence electrons. The third-order valence-electron chi connectivity index (χ3n) is 6.29. The molecular weight excluding hydrogens is 511 g/mol. The molecule has 0 spiro atoms. The summed E-state index contributed by atoms with van der Waals surface area (Å²) < 4.78 is 5.90. The lowest BCUT2D eigenvalue weighted by Crippen LogP contribution is -2.35. The van der Waals surface area contributed by atoms with E-state index in [0.29, 0.717) is 52.2 Å². The van der Waals surface area contributed by atoms with Crippen LogP contribution in [0, 0.1) is 6.92 Å². The van der Waals surface area contributed by atoms with Gasteiger partial charge in [0.15, 0.2) is 0 Å². The van der Waals surface area contributed by atoms with Crippen molar-refractivity contribution in [2.45, 2.75) is 19.6 Å². The van der Waals surface area contributed by atoms with Crippen molar-refractivity contribution in [3.63, 3.8) is 0 Å². The van der Waals surface area contributed by atoms with Crippen LogP contribution in [0.2, 0.25) is 10.0 Å². The first-order valence-electron chi connectivity index (χ1n) is 11.8. The number of Topliss-reactive ketones (excluding diaryl/α,β-unsaturated/α-hetero) is 1. The Morgan fingerprint density at radius 3 is 2.38 bits per heavy atom. The number of hydrogen-bond acceptors (Lipinski definition) is 5. The number of aliphatic hydroxyl groups excluding tert-OH is 1. The molecule has 1 N–H and O–H groups in total. The molecule has 0 bridgehead atoms. The van der Waals surface area contributed by atoms with Crippen LogP contribution in [0.3, 0.4) is 0 Å². The normalized spacial score (nSPS) is 17.0. The number of carbonyl (C=O) groups excluding carboxylic acids is 2. The van der Waals surface area contributed by atoms with Crippen molar-refractivity contribution in [2.75, 3.05) is 27.2 Å². The quantitative estimate of drug-likeness (QED) is 0.221. The van der Waals surface area contributed by atoms with Crippen LogP contribution in [0.25, 0.3) is 5.76 Å². The minimum absolute atomic E-state index is 0.0169. The number of amides is 1. The number of carbonyl (C=O) groups is 2. The summed E-state index contributed by atoms with van der Waals surface area (Å²) in [5.41, 5.74) is 2.79. The Morgan fingerprint density at radius 2 is 1.73 bits per heavy atom. The number of ether oxygens (including phenoxy) is 1. The predicted molar refractivity (Wildman–Crippen MR) is 146 cm³/mol. The number of hydrogen-bond donors (Lipinski definition) is 1. The number of aryl methyl sites for hydroxylation is 1. The molecule has 0 radical (unpaired) electrons. The summed E-state index contributed by atoms with van der Waals surface area (Å²) in [6.07, 6.45) is 0. The van der Waals surface area contributed by atoms with E-state index in [1.165, 1.54) is 4.90 Å². The predicted octanol–water partition coefficient (Wildman–Crippen LogP) is 5.86. The summed E-state index contributed by atoms with van der Waals surface area (Å²) in [4.78, 5) is 29.7. The van der Waals surface area contributed by atoms with Gasteiger partial charge in [0.25, 0.3) is 11.7 Å². The van der Waals surface area contributed by atoms with E-state index in [1.807, 2.05) is 56.3 Å². The van der Waals surface area contributed by atoms with Gasteiger partial charge in [-0.3, -0.25) is 9.59 Å². The Labute approximate surface area is 226 Å². The van der Waals surface area contributed by atoms with E-state index >= 15 is 0 Å². The van der Waals surface area contributed by atoms with Crippen molar-refractivity contribution in [1.29, 1.82) is 0 Å². The molecule has 6 nitrogen and oxygen atoms in total. The van der Waals surface area contributed by atoms with Gasteiger partial charge in [-0.1, -0.05) is 59.6 Å². The minimum atomic E-state index is -0.803. The fraction of sp³-hybridized carbons (Fsp3) is 0.241. The van der Waals surface area contributed by atoms with Gasteiger partial charge in [-0.25, -0.2) is 0 Å². The smallest absolute Gasteiger partial charge is 0.295 e. The van der Waals surface area contributed by atoms with Crippen LogP contribution in [0.5, 0.6) is 5.75 Å². The van der Waals surface area contributed by atoms with Crippen LogP contribution >= 0.6 is 23.2 Å². The molecule has 1 aliphatic heterocycles. The fourth-order valence-corrected chi connectivity index (χ4v) is 4.63. The highest BCUT2D eigenvalue weighted by Crippen LogP contribution is 2.41. The van der Waals surface area contributed by atoms with Crippen molar-refractivity contribution in [3.8, 4) is 5.75 Å². The van der Waals surface area contributed by atoms with Crippen molar-refractivity contribution in [1.82, 2.24) is 9.80 Å². The van der Waals surface area contributed by atoms with Crippen molar-refractivity contribution in [2.24, 2.45) is 0 Å². The molecule has 1 saturated heterocycles. The summed E-state index contributed by atoms with van der Waals surface area (Å²) in [6, 6.07) is 19.2. The molecule has 0 aliphatic carbocycles. The zero-order chi connectivity index (χ0) is 26.7. The number of aliphatic hydroxyl groups is 1. The van der Waals surface area contributed by atoms with Gasteiger partial charge in [0, 0.05) is 18.7 Å². The molecule has 3 aromatic rings. The lowest BCUT2D eigenvalue weighted by atomic mass is 9.94.